The maximum Gasteiger partial charge on any atom is 0.296 e. The van der Waals surface area contributed by atoms with E-state index in [-0.39, 0.29) is 5.96 Å². The van der Waals surface area contributed by atoms with Crippen molar-refractivity contribution in [2.24, 2.45) is 16.5 Å². The van der Waals surface area contributed by atoms with Gasteiger partial charge < -0.3 is 21.8 Å². The number of carbonyl (C=O) groups excluding carboxylic acids is 1. The van der Waals surface area contributed by atoms with E-state index < -0.39 is 5.91 Å². The summed E-state index contributed by atoms with van der Waals surface area (Å²) in [5.41, 5.74) is 13.3. The monoisotopic (exact) mass is 245 g/mol. The van der Waals surface area contributed by atoms with Gasteiger partial charge in [0, 0.05) is 24.5 Å². The summed E-state index contributed by atoms with van der Waals surface area (Å²) in [6, 6.07) is 7.44. The van der Waals surface area contributed by atoms with Crippen molar-refractivity contribution in [3.63, 3.8) is 0 Å². The molecule has 0 aliphatic rings. The highest BCUT2D eigenvalue weighted by atomic mass is 16.1. The van der Waals surface area contributed by atoms with E-state index in [0.29, 0.717) is 12.2 Å². The quantitative estimate of drug-likeness (QED) is 0.450. The number of benzene rings is 1. The van der Waals surface area contributed by atoms with E-state index in [4.69, 9.17) is 11.5 Å². The molecule has 1 amide bonds. The van der Waals surface area contributed by atoms with Crippen molar-refractivity contribution in [2.75, 3.05) is 7.05 Å². The van der Waals surface area contributed by atoms with Crippen LogP contribution in [0.5, 0.6) is 0 Å². The summed E-state index contributed by atoms with van der Waals surface area (Å²) < 4.78 is 0. The first-order valence-corrected chi connectivity index (χ1v) is 5.52. The molecule has 0 aliphatic heterocycles. The first-order valence-electron chi connectivity index (χ1n) is 5.52. The van der Waals surface area contributed by atoms with Crippen LogP contribution >= 0.6 is 0 Å². The number of aromatic amines is 1. The number of nitrogens with one attached hydrogen (secondary N) is 2. The van der Waals surface area contributed by atoms with Crippen LogP contribution in [0.15, 0.2) is 29.3 Å². The average Bonchev–Trinajstić information content (AvgIpc) is 2.82. The number of amides is 1. The zero-order valence-corrected chi connectivity index (χ0v) is 10.0. The molecule has 2 aromatic rings. The van der Waals surface area contributed by atoms with E-state index in [2.05, 4.69) is 15.3 Å². The highest BCUT2D eigenvalue weighted by Gasteiger charge is 2.10. The molecule has 1 aromatic heterocycles. The van der Waals surface area contributed by atoms with Crippen molar-refractivity contribution < 1.29 is 4.79 Å². The molecular formula is C12H15N5O. The van der Waals surface area contributed by atoms with Crippen LogP contribution in [0.3, 0.4) is 0 Å². The maximum atomic E-state index is 11.8. The number of aliphatic imine (C=N–C) groups is 1. The Hall–Kier alpha value is -2.34. The first kappa shape index (κ1) is 12.1. The molecule has 0 atom stereocenters. The van der Waals surface area contributed by atoms with Crippen LogP contribution in [0, 0.1) is 0 Å². The number of carbonyl (C=O) groups is 1. The molecule has 6 N–H and O–H groups in total. The summed E-state index contributed by atoms with van der Waals surface area (Å²) >= 11 is 0. The van der Waals surface area contributed by atoms with Crippen molar-refractivity contribution in [1.29, 1.82) is 0 Å². The highest BCUT2D eigenvalue weighted by Crippen LogP contribution is 2.20. The molecule has 0 fully saturated rings. The van der Waals surface area contributed by atoms with E-state index in [1.54, 1.807) is 13.1 Å². The molecule has 0 unspecified atom stereocenters. The smallest absolute Gasteiger partial charge is 0.296 e. The van der Waals surface area contributed by atoms with Crippen molar-refractivity contribution in [1.82, 2.24) is 10.3 Å². The van der Waals surface area contributed by atoms with Gasteiger partial charge in [0.1, 0.15) is 5.69 Å². The third-order valence-electron chi connectivity index (χ3n) is 2.68. The van der Waals surface area contributed by atoms with Gasteiger partial charge in [-0.1, -0.05) is 12.1 Å². The fourth-order valence-corrected chi connectivity index (χ4v) is 1.74. The Balaban J connectivity index is 2.45. The summed E-state index contributed by atoms with van der Waals surface area (Å²) in [5.74, 6) is -0.335. The minimum Gasteiger partial charge on any atom is -0.370 e. The third-order valence-corrected chi connectivity index (χ3v) is 2.68. The molecule has 0 saturated heterocycles. The summed E-state index contributed by atoms with van der Waals surface area (Å²) in [4.78, 5) is 18.5. The number of nitrogens with two attached hydrogens (primary N) is 2. The molecule has 6 nitrogen and oxygen atoms in total. The van der Waals surface area contributed by atoms with E-state index in [9.17, 15) is 4.79 Å². The van der Waals surface area contributed by atoms with Crippen LogP contribution in [-0.4, -0.2) is 23.9 Å². The Kier molecular flexibility index (Phi) is 3.29. The van der Waals surface area contributed by atoms with Gasteiger partial charge in [0.05, 0.1) is 0 Å². The highest BCUT2D eigenvalue weighted by molar-refractivity contribution is 6.04. The number of fused-ring (bicyclic) bond motifs is 1. The molecule has 0 radical (unpaired) electrons. The lowest BCUT2D eigenvalue weighted by molar-refractivity contribution is 0.0998. The molecule has 1 heterocycles. The van der Waals surface area contributed by atoms with Gasteiger partial charge in [-0.05, 0) is 17.7 Å². The topological polar surface area (TPSA) is 109 Å². The Morgan fingerprint density at radius 3 is 2.94 bits per heavy atom. The predicted octanol–water partition coefficient (Wildman–Crippen LogP) is 0.301. The van der Waals surface area contributed by atoms with Crippen molar-refractivity contribution in [3.05, 3.63) is 35.5 Å². The van der Waals surface area contributed by atoms with Gasteiger partial charge in [-0.15, -0.1) is 0 Å². The fourth-order valence-electron chi connectivity index (χ4n) is 1.74. The van der Waals surface area contributed by atoms with E-state index >= 15 is 0 Å². The zero-order valence-electron chi connectivity index (χ0n) is 10.0. The Morgan fingerprint density at radius 2 is 2.28 bits per heavy atom. The Labute approximate surface area is 104 Å². The lowest BCUT2D eigenvalue weighted by Gasteiger charge is -1.96. The summed E-state index contributed by atoms with van der Waals surface area (Å²) in [5, 5.41) is 3.53. The normalized spacial score (nSPS) is 11.8. The largest absolute Gasteiger partial charge is 0.370 e. The Bertz CT molecular complexity index is 614. The number of nitrogens with zero attached hydrogens (tertiary/aromatic N) is 1. The number of guanidine groups is 1. The second-order valence-corrected chi connectivity index (χ2v) is 3.82. The standard InChI is InChI=1S/C12H15N5O/c1-15-12(14)17-11(18)10-5-8-7(6-13)3-2-4-9(8)16-10/h2-5,16H,6,13H2,1H3,(H3,14,15,17,18). The molecule has 0 spiro atoms. The average molecular weight is 245 g/mol. The number of hydrogen-bond donors (Lipinski definition) is 4. The lowest BCUT2D eigenvalue weighted by Crippen LogP contribution is -2.28. The molecule has 2 rings (SSSR count). The predicted molar refractivity (Wildman–Crippen MR) is 71.2 cm³/mol. The summed E-state index contributed by atoms with van der Waals surface area (Å²) in [6.07, 6.45) is 0. The number of rotatable bonds is 2. The lowest BCUT2D eigenvalue weighted by atomic mass is 10.1. The van der Waals surface area contributed by atoms with E-state index in [0.717, 1.165) is 16.5 Å². The van der Waals surface area contributed by atoms with Crippen molar-refractivity contribution >= 4 is 22.8 Å². The molecule has 6 heteroatoms. The van der Waals surface area contributed by atoms with Crippen LogP contribution in [0.1, 0.15) is 16.1 Å². The summed E-state index contributed by atoms with van der Waals surface area (Å²) in [6.45, 7) is 0.421. The van der Waals surface area contributed by atoms with Gasteiger partial charge in [0.25, 0.3) is 5.91 Å². The SMILES string of the molecule is CNC(N)=NC(=O)c1cc2c(CN)cccc2[nH]1. The van der Waals surface area contributed by atoms with Gasteiger partial charge >= 0.3 is 0 Å². The summed E-state index contributed by atoms with van der Waals surface area (Å²) in [7, 11) is 1.60. The second-order valence-electron chi connectivity index (χ2n) is 3.82. The van der Waals surface area contributed by atoms with Crippen LogP contribution in [0.25, 0.3) is 10.9 Å². The third kappa shape index (κ3) is 2.18. The van der Waals surface area contributed by atoms with Gasteiger partial charge in [-0.2, -0.15) is 4.99 Å². The van der Waals surface area contributed by atoms with Crippen LogP contribution in [0.4, 0.5) is 0 Å². The zero-order chi connectivity index (χ0) is 13.1. The minimum absolute atomic E-state index is 0.0812. The van der Waals surface area contributed by atoms with Crippen LogP contribution < -0.4 is 16.8 Å². The fraction of sp³-hybridized carbons (Fsp3) is 0.167. The van der Waals surface area contributed by atoms with E-state index in [1.165, 1.54) is 0 Å². The number of H-pyrrole nitrogens is 1. The van der Waals surface area contributed by atoms with Crippen LogP contribution in [0.2, 0.25) is 0 Å². The van der Waals surface area contributed by atoms with Gasteiger partial charge in [0.15, 0.2) is 5.96 Å². The molecule has 18 heavy (non-hydrogen) atoms. The minimum atomic E-state index is -0.416. The molecule has 0 bridgehead atoms. The van der Waals surface area contributed by atoms with Crippen molar-refractivity contribution in [3.8, 4) is 0 Å². The molecule has 0 saturated carbocycles. The molecular weight excluding hydrogens is 230 g/mol. The molecule has 0 aliphatic carbocycles. The molecule has 1 aromatic carbocycles. The van der Waals surface area contributed by atoms with Gasteiger partial charge in [-0.25, -0.2) is 0 Å². The first-order chi connectivity index (χ1) is 8.65. The second kappa shape index (κ2) is 4.89. The number of aromatic nitrogens is 1. The van der Waals surface area contributed by atoms with Crippen LogP contribution in [-0.2, 0) is 6.54 Å². The maximum absolute atomic E-state index is 11.8. The van der Waals surface area contributed by atoms with Gasteiger partial charge in [0.2, 0.25) is 0 Å². The van der Waals surface area contributed by atoms with Gasteiger partial charge in [-0.3, -0.25) is 4.79 Å². The number of hydrogen-bond acceptors (Lipinski definition) is 2. The Morgan fingerprint density at radius 1 is 1.50 bits per heavy atom. The van der Waals surface area contributed by atoms with E-state index in [1.807, 2.05) is 18.2 Å². The molecule has 94 valence electrons. The van der Waals surface area contributed by atoms with Crippen molar-refractivity contribution in [2.45, 2.75) is 6.54 Å².